The van der Waals surface area contributed by atoms with Crippen molar-refractivity contribution in [2.24, 2.45) is 0 Å². The molecule has 2 aromatic heterocycles. The van der Waals surface area contributed by atoms with Gasteiger partial charge < -0.3 is 15.6 Å². The largest absolute Gasteiger partial charge is 0.350 e. The van der Waals surface area contributed by atoms with Gasteiger partial charge in [0, 0.05) is 30.1 Å². The Morgan fingerprint density at radius 3 is 2.27 bits per heavy atom. The zero-order valence-electron chi connectivity index (χ0n) is 20.2. The van der Waals surface area contributed by atoms with Crippen LogP contribution in [0.1, 0.15) is 27.9 Å². The number of imidazole rings is 1. The van der Waals surface area contributed by atoms with Gasteiger partial charge in [0.2, 0.25) is 5.91 Å². The van der Waals surface area contributed by atoms with Crippen LogP contribution in [-0.4, -0.2) is 32.8 Å². The summed E-state index contributed by atoms with van der Waals surface area (Å²) >= 11 is 0. The molecule has 5 aromatic rings. The molecule has 3 N–H and O–H groups in total. The van der Waals surface area contributed by atoms with Gasteiger partial charge in [0.05, 0.1) is 11.0 Å². The van der Waals surface area contributed by atoms with Gasteiger partial charge in [-0.25, -0.2) is 4.98 Å². The minimum absolute atomic E-state index is 0.212. The van der Waals surface area contributed by atoms with Crippen molar-refractivity contribution in [1.82, 2.24) is 25.6 Å². The number of aromatic nitrogens is 3. The highest BCUT2D eigenvalue weighted by atomic mass is 16.2. The van der Waals surface area contributed by atoms with Gasteiger partial charge in [-0.3, -0.25) is 14.6 Å². The van der Waals surface area contributed by atoms with Crippen LogP contribution in [0.15, 0.2) is 103 Å². The predicted molar refractivity (Wildman–Crippen MR) is 144 cm³/mol. The lowest BCUT2D eigenvalue weighted by atomic mass is 10.0. The molecule has 0 saturated heterocycles. The van der Waals surface area contributed by atoms with Crippen LogP contribution in [0.4, 0.5) is 0 Å². The number of carbonyl (C=O) groups is 2. The minimum atomic E-state index is -0.679. The molecule has 184 valence electrons. The van der Waals surface area contributed by atoms with E-state index in [-0.39, 0.29) is 11.8 Å². The molecule has 1 unspecified atom stereocenters. The van der Waals surface area contributed by atoms with Gasteiger partial charge in [0.1, 0.15) is 11.9 Å². The van der Waals surface area contributed by atoms with Gasteiger partial charge in [-0.05, 0) is 54.3 Å². The quantitative estimate of drug-likeness (QED) is 0.280. The van der Waals surface area contributed by atoms with E-state index in [2.05, 4.69) is 25.6 Å². The first-order chi connectivity index (χ1) is 18.2. The number of hydrogen-bond acceptors (Lipinski definition) is 4. The molecule has 0 bridgehead atoms. The Bertz CT molecular complexity index is 1480. The molecule has 0 aliphatic carbocycles. The number of carbonyl (C=O) groups excluding carboxylic acids is 2. The van der Waals surface area contributed by atoms with Crippen LogP contribution >= 0.6 is 0 Å². The maximum absolute atomic E-state index is 13.2. The van der Waals surface area contributed by atoms with Crippen molar-refractivity contribution in [1.29, 1.82) is 0 Å². The highest BCUT2D eigenvalue weighted by Crippen LogP contribution is 2.21. The van der Waals surface area contributed by atoms with Crippen LogP contribution in [0.3, 0.4) is 0 Å². The lowest BCUT2D eigenvalue weighted by molar-refractivity contribution is -0.123. The van der Waals surface area contributed by atoms with Gasteiger partial charge in [-0.15, -0.1) is 0 Å². The summed E-state index contributed by atoms with van der Waals surface area (Å²) in [6.45, 7) is 0.398. The molecule has 3 aromatic carbocycles. The van der Waals surface area contributed by atoms with Crippen molar-refractivity contribution in [2.75, 3.05) is 0 Å². The summed E-state index contributed by atoms with van der Waals surface area (Å²) in [5.41, 5.74) is 4.98. The molecule has 0 fully saturated rings. The molecule has 37 heavy (non-hydrogen) atoms. The van der Waals surface area contributed by atoms with E-state index >= 15 is 0 Å². The highest BCUT2D eigenvalue weighted by Gasteiger charge is 2.22. The number of amides is 2. The molecule has 0 aliphatic heterocycles. The fraction of sp³-hybridized carbons (Fsp3) is 0.133. The summed E-state index contributed by atoms with van der Waals surface area (Å²) in [5, 5.41) is 5.92. The van der Waals surface area contributed by atoms with Gasteiger partial charge in [-0.2, -0.15) is 0 Å². The molecule has 2 amide bonds. The van der Waals surface area contributed by atoms with Gasteiger partial charge in [0.15, 0.2) is 0 Å². The molecular formula is C30H27N5O2. The number of aryl methyl sites for hydroxylation is 1. The molecular weight excluding hydrogens is 462 g/mol. The molecule has 7 heteroatoms. The van der Waals surface area contributed by atoms with Crippen LogP contribution in [0.2, 0.25) is 0 Å². The van der Waals surface area contributed by atoms with E-state index in [1.165, 1.54) is 0 Å². The number of nitrogens with zero attached hydrogens (tertiary/aromatic N) is 2. The Morgan fingerprint density at radius 1 is 0.838 bits per heavy atom. The highest BCUT2D eigenvalue weighted by molar-refractivity contribution is 6.00. The number of aromatic amines is 1. The SMILES string of the molecule is O=C(NC(CCc1ccccc1)C(=O)NCc1ccccc1)c1ccc2nc(-c3ccncc3)[nH]c2c1. The molecule has 0 radical (unpaired) electrons. The molecule has 5 rings (SSSR count). The normalized spacial score (nSPS) is 11.7. The smallest absolute Gasteiger partial charge is 0.252 e. The molecule has 1 atom stereocenters. The van der Waals surface area contributed by atoms with Crippen molar-refractivity contribution in [3.8, 4) is 11.4 Å². The molecule has 0 aliphatic rings. The summed E-state index contributed by atoms with van der Waals surface area (Å²) in [6, 6.07) is 28.0. The first-order valence-corrected chi connectivity index (χ1v) is 12.2. The second-order valence-electron chi connectivity index (χ2n) is 8.81. The first-order valence-electron chi connectivity index (χ1n) is 12.2. The summed E-state index contributed by atoms with van der Waals surface area (Å²) in [7, 11) is 0. The average Bonchev–Trinajstić information content (AvgIpc) is 3.39. The fourth-order valence-corrected chi connectivity index (χ4v) is 4.17. The Labute approximate surface area is 215 Å². The average molecular weight is 490 g/mol. The molecule has 0 saturated carbocycles. The van der Waals surface area contributed by atoms with Crippen molar-refractivity contribution < 1.29 is 9.59 Å². The predicted octanol–water partition coefficient (Wildman–Crippen LogP) is 4.67. The van der Waals surface area contributed by atoms with Crippen LogP contribution in [0.5, 0.6) is 0 Å². The second-order valence-corrected chi connectivity index (χ2v) is 8.81. The lowest BCUT2D eigenvalue weighted by Gasteiger charge is -2.19. The number of fused-ring (bicyclic) bond motifs is 1. The van der Waals surface area contributed by atoms with Crippen LogP contribution in [0.25, 0.3) is 22.4 Å². The van der Waals surface area contributed by atoms with Crippen molar-refractivity contribution in [3.63, 3.8) is 0 Å². The van der Waals surface area contributed by atoms with Crippen LogP contribution < -0.4 is 10.6 Å². The number of H-pyrrole nitrogens is 1. The Morgan fingerprint density at radius 2 is 1.54 bits per heavy atom. The number of pyridine rings is 1. The Kier molecular flexibility index (Phi) is 7.31. The number of rotatable bonds is 9. The van der Waals surface area contributed by atoms with E-state index in [4.69, 9.17) is 0 Å². The second kappa shape index (κ2) is 11.3. The van der Waals surface area contributed by atoms with E-state index in [1.54, 1.807) is 30.6 Å². The third kappa shape index (κ3) is 6.08. The van der Waals surface area contributed by atoms with Crippen molar-refractivity contribution >= 4 is 22.8 Å². The van der Waals surface area contributed by atoms with E-state index in [9.17, 15) is 9.59 Å². The fourth-order valence-electron chi connectivity index (χ4n) is 4.17. The minimum Gasteiger partial charge on any atom is -0.350 e. The zero-order chi connectivity index (χ0) is 25.5. The summed E-state index contributed by atoms with van der Waals surface area (Å²) < 4.78 is 0. The summed E-state index contributed by atoms with van der Waals surface area (Å²) in [5.74, 6) is 0.182. The number of hydrogen-bond donors (Lipinski definition) is 3. The zero-order valence-corrected chi connectivity index (χ0v) is 20.2. The topological polar surface area (TPSA) is 99.8 Å². The van der Waals surface area contributed by atoms with Crippen molar-refractivity contribution in [3.05, 3.63) is 120 Å². The Balaban J connectivity index is 1.31. The van der Waals surface area contributed by atoms with E-state index in [0.29, 0.717) is 30.8 Å². The maximum atomic E-state index is 13.2. The summed E-state index contributed by atoms with van der Waals surface area (Å²) in [6.07, 6.45) is 4.56. The van der Waals surface area contributed by atoms with Gasteiger partial charge >= 0.3 is 0 Å². The van der Waals surface area contributed by atoms with Gasteiger partial charge in [-0.1, -0.05) is 60.7 Å². The molecule has 2 heterocycles. The standard InChI is InChI=1S/C30H27N5O2/c36-29(24-12-14-25-27(19-24)34-28(33-25)23-15-17-31-18-16-23)35-26(13-11-21-7-3-1-4-8-21)30(37)32-20-22-9-5-2-6-10-22/h1-10,12,14-19,26H,11,13,20H2,(H,32,37)(H,33,34)(H,35,36). The number of benzene rings is 3. The van der Waals surface area contributed by atoms with Gasteiger partial charge in [0.25, 0.3) is 5.91 Å². The van der Waals surface area contributed by atoms with E-state index in [0.717, 1.165) is 27.7 Å². The number of nitrogens with one attached hydrogen (secondary N) is 3. The summed E-state index contributed by atoms with van der Waals surface area (Å²) in [4.78, 5) is 38.3. The lowest BCUT2D eigenvalue weighted by Crippen LogP contribution is -2.46. The molecule has 7 nitrogen and oxygen atoms in total. The Hall–Kier alpha value is -4.78. The molecule has 0 spiro atoms. The third-order valence-corrected chi connectivity index (χ3v) is 6.19. The third-order valence-electron chi connectivity index (χ3n) is 6.19. The monoisotopic (exact) mass is 489 g/mol. The first kappa shape index (κ1) is 23.9. The van der Waals surface area contributed by atoms with E-state index in [1.807, 2.05) is 72.8 Å². The van der Waals surface area contributed by atoms with Crippen LogP contribution in [0, 0.1) is 0 Å². The van der Waals surface area contributed by atoms with Crippen LogP contribution in [-0.2, 0) is 17.8 Å². The van der Waals surface area contributed by atoms with E-state index < -0.39 is 6.04 Å². The van der Waals surface area contributed by atoms with Crippen molar-refractivity contribution in [2.45, 2.75) is 25.4 Å². The maximum Gasteiger partial charge on any atom is 0.252 e.